The summed E-state index contributed by atoms with van der Waals surface area (Å²) in [4.78, 5) is 2.29. The number of nitrogens with zero attached hydrogens (tertiary/aromatic N) is 1. The third-order valence-corrected chi connectivity index (χ3v) is 4.83. The van der Waals surface area contributed by atoms with Crippen LogP contribution in [0.15, 0.2) is 24.3 Å². The molecule has 2 saturated heterocycles. The zero-order chi connectivity index (χ0) is 15.1. The van der Waals surface area contributed by atoms with Gasteiger partial charge in [-0.1, -0.05) is 24.6 Å². The highest BCUT2D eigenvalue weighted by Gasteiger charge is 2.46. The van der Waals surface area contributed by atoms with Crippen LogP contribution in [0.1, 0.15) is 36.8 Å². The summed E-state index contributed by atoms with van der Waals surface area (Å²) in [5.74, 6) is 0. The first-order valence-corrected chi connectivity index (χ1v) is 7.51. The van der Waals surface area contributed by atoms with Crippen LogP contribution in [0.4, 0.5) is 13.2 Å². The maximum atomic E-state index is 12.8. The second-order valence-corrected chi connectivity index (χ2v) is 6.28. The molecule has 0 aromatic heterocycles. The Morgan fingerprint density at radius 2 is 2.05 bits per heavy atom. The van der Waals surface area contributed by atoms with Crippen LogP contribution in [0.5, 0.6) is 0 Å². The van der Waals surface area contributed by atoms with Crippen molar-refractivity contribution in [2.24, 2.45) is 0 Å². The molecule has 116 valence electrons. The standard InChI is InChI=1S/C16H20F3NO/c17-16(18,19)13-5-3-4-12(10-13)11-15(21)7-9-20-8-2-1-6-14(15)20/h3-5,10,14,21H,1-2,6-9,11H2. The van der Waals surface area contributed by atoms with Crippen LogP contribution in [0.25, 0.3) is 0 Å². The average Bonchev–Trinajstić information content (AvgIpc) is 2.76. The number of aliphatic hydroxyl groups is 1. The van der Waals surface area contributed by atoms with E-state index in [0.717, 1.165) is 38.4 Å². The van der Waals surface area contributed by atoms with E-state index in [9.17, 15) is 18.3 Å². The van der Waals surface area contributed by atoms with Crippen LogP contribution >= 0.6 is 0 Å². The molecule has 2 unspecified atom stereocenters. The molecule has 2 fully saturated rings. The molecule has 2 heterocycles. The van der Waals surface area contributed by atoms with Gasteiger partial charge >= 0.3 is 6.18 Å². The summed E-state index contributed by atoms with van der Waals surface area (Å²) in [6.45, 7) is 1.84. The van der Waals surface area contributed by atoms with Crippen molar-refractivity contribution in [3.8, 4) is 0 Å². The molecule has 0 bridgehead atoms. The maximum absolute atomic E-state index is 12.8. The topological polar surface area (TPSA) is 23.5 Å². The van der Waals surface area contributed by atoms with E-state index in [0.29, 0.717) is 18.4 Å². The van der Waals surface area contributed by atoms with E-state index in [4.69, 9.17) is 0 Å². The highest BCUT2D eigenvalue weighted by molar-refractivity contribution is 5.27. The van der Waals surface area contributed by atoms with E-state index in [1.165, 1.54) is 12.1 Å². The number of benzene rings is 1. The Bertz CT molecular complexity index is 516. The van der Waals surface area contributed by atoms with Crippen molar-refractivity contribution >= 4 is 0 Å². The molecule has 1 aromatic rings. The first-order chi connectivity index (χ1) is 9.88. The van der Waals surface area contributed by atoms with E-state index in [2.05, 4.69) is 4.90 Å². The smallest absolute Gasteiger partial charge is 0.388 e. The molecule has 2 atom stereocenters. The molecular formula is C16H20F3NO. The lowest BCUT2D eigenvalue weighted by Crippen LogP contribution is -2.48. The minimum absolute atomic E-state index is 0.0980. The number of fused-ring (bicyclic) bond motifs is 1. The first-order valence-electron chi connectivity index (χ1n) is 7.51. The van der Waals surface area contributed by atoms with Crippen LogP contribution in [0.2, 0.25) is 0 Å². The van der Waals surface area contributed by atoms with Gasteiger partial charge in [-0.2, -0.15) is 13.2 Å². The fourth-order valence-electron chi connectivity index (χ4n) is 3.79. The molecule has 0 aliphatic carbocycles. The third kappa shape index (κ3) is 2.94. The summed E-state index contributed by atoms with van der Waals surface area (Å²) in [6.07, 6.45) is -0.200. The molecule has 1 aromatic carbocycles. The highest BCUT2D eigenvalue weighted by Crippen LogP contribution is 2.38. The zero-order valence-corrected chi connectivity index (χ0v) is 11.9. The van der Waals surface area contributed by atoms with Crippen molar-refractivity contribution in [3.05, 3.63) is 35.4 Å². The first kappa shape index (κ1) is 14.9. The number of piperidine rings is 1. The van der Waals surface area contributed by atoms with Crippen molar-refractivity contribution in [2.75, 3.05) is 13.1 Å². The summed E-state index contributed by atoms with van der Waals surface area (Å²) < 4.78 is 38.3. The molecule has 2 aliphatic heterocycles. The predicted octanol–water partition coefficient (Wildman–Crippen LogP) is 3.24. The second-order valence-electron chi connectivity index (χ2n) is 6.28. The Labute approximate surface area is 122 Å². The normalized spacial score (nSPS) is 30.4. The Hall–Kier alpha value is -1.07. The summed E-state index contributed by atoms with van der Waals surface area (Å²) in [6, 6.07) is 5.45. The van der Waals surface area contributed by atoms with E-state index < -0.39 is 17.3 Å². The number of rotatable bonds is 2. The van der Waals surface area contributed by atoms with Gasteiger partial charge in [0.05, 0.1) is 11.2 Å². The molecule has 2 aliphatic rings. The van der Waals surface area contributed by atoms with Crippen molar-refractivity contribution in [1.82, 2.24) is 4.90 Å². The van der Waals surface area contributed by atoms with Gasteiger partial charge in [0.1, 0.15) is 0 Å². The maximum Gasteiger partial charge on any atom is 0.416 e. The van der Waals surface area contributed by atoms with Gasteiger partial charge < -0.3 is 5.11 Å². The van der Waals surface area contributed by atoms with Gasteiger partial charge in [0, 0.05) is 19.0 Å². The molecular weight excluding hydrogens is 279 g/mol. The van der Waals surface area contributed by atoms with Crippen molar-refractivity contribution < 1.29 is 18.3 Å². The van der Waals surface area contributed by atoms with Gasteiger partial charge in [0.15, 0.2) is 0 Å². The molecule has 0 saturated carbocycles. The van der Waals surface area contributed by atoms with Crippen molar-refractivity contribution in [2.45, 2.75) is 49.9 Å². The molecule has 21 heavy (non-hydrogen) atoms. The van der Waals surface area contributed by atoms with Gasteiger partial charge in [-0.25, -0.2) is 0 Å². The predicted molar refractivity (Wildman–Crippen MR) is 73.9 cm³/mol. The Kier molecular flexibility index (Phi) is 3.74. The summed E-state index contributed by atoms with van der Waals surface area (Å²) >= 11 is 0. The van der Waals surface area contributed by atoms with Gasteiger partial charge in [0.2, 0.25) is 0 Å². The average molecular weight is 299 g/mol. The molecule has 5 heteroatoms. The van der Waals surface area contributed by atoms with E-state index in [-0.39, 0.29) is 6.04 Å². The van der Waals surface area contributed by atoms with Gasteiger partial charge in [-0.15, -0.1) is 0 Å². The third-order valence-electron chi connectivity index (χ3n) is 4.83. The number of hydrogen-bond donors (Lipinski definition) is 1. The Morgan fingerprint density at radius 3 is 2.81 bits per heavy atom. The van der Waals surface area contributed by atoms with Crippen LogP contribution in [0.3, 0.4) is 0 Å². The monoisotopic (exact) mass is 299 g/mol. The lowest BCUT2D eigenvalue weighted by Gasteiger charge is -2.37. The quantitative estimate of drug-likeness (QED) is 0.906. The largest absolute Gasteiger partial charge is 0.416 e. The summed E-state index contributed by atoms with van der Waals surface area (Å²) in [7, 11) is 0. The molecule has 0 amide bonds. The van der Waals surface area contributed by atoms with Gasteiger partial charge in [-0.3, -0.25) is 4.90 Å². The van der Waals surface area contributed by atoms with Crippen LogP contribution < -0.4 is 0 Å². The number of hydrogen-bond acceptors (Lipinski definition) is 2. The number of halogens is 3. The lowest BCUT2D eigenvalue weighted by atomic mass is 9.83. The fourth-order valence-corrected chi connectivity index (χ4v) is 3.79. The van der Waals surface area contributed by atoms with Crippen LogP contribution in [-0.4, -0.2) is 34.7 Å². The van der Waals surface area contributed by atoms with E-state index in [1.54, 1.807) is 6.07 Å². The van der Waals surface area contributed by atoms with E-state index >= 15 is 0 Å². The Morgan fingerprint density at radius 1 is 1.24 bits per heavy atom. The molecule has 3 rings (SSSR count). The SMILES string of the molecule is OC1(Cc2cccc(C(F)(F)F)c2)CCN2CCCCC21. The van der Waals surface area contributed by atoms with Gasteiger partial charge in [-0.05, 0) is 37.4 Å². The molecule has 2 nitrogen and oxygen atoms in total. The minimum Gasteiger partial charge on any atom is -0.388 e. The summed E-state index contributed by atoms with van der Waals surface area (Å²) in [5.41, 5.74) is -0.952. The zero-order valence-electron chi connectivity index (χ0n) is 11.9. The number of alkyl halides is 3. The lowest BCUT2D eigenvalue weighted by molar-refractivity contribution is -0.137. The minimum atomic E-state index is -4.33. The van der Waals surface area contributed by atoms with Gasteiger partial charge in [0.25, 0.3) is 0 Å². The molecule has 1 N–H and O–H groups in total. The van der Waals surface area contributed by atoms with Crippen molar-refractivity contribution in [3.63, 3.8) is 0 Å². The fraction of sp³-hybridized carbons (Fsp3) is 0.625. The van der Waals surface area contributed by atoms with Crippen LogP contribution in [-0.2, 0) is 12.6 Å². The highest BCUT2D eigenvalue weighted by atomic mass is 19.4. The Balaban J connectivity index is 1.80. The van der Waals surface area contributed by atoms with E-state index in [1.807, 2.05) is 0 Å². The second kappa shape index (κ2) is 5.29. The van der Waals surface area contributed by atoms with Crippen molar-refractivity contribution in [1.29, 1.82) is 0 Å². The summed E-state index contributed by atoms with van der Waals surface area (Å²) in [5, 5.41) is 10.9. The molecule has 0 spiro atoms. The molecule has 0 radical (unpaired) electrons. The van der Waals surface area contributed by atoms with Crippen LogP contribution in [0, 0.1) is 0 Å².